The summed E-state index contributed by atoms with van der Waals surface area (Å²) in [6, 6.07) is 16.0. The highest BCUT2D eigenvalue weighted by Crippen LogP contribution is 2.45. The van der Waals surface area contributed by atoms with Crippen molar-refractivity contribution in [3.8, 4) is 11.5 Å². The molecule has 0 bridgehead atoms. The van der Waals surface area contributed by atoms with Gasteiger partial charge in [0.2, 0.25) is 0 Å². The van der Waals surface area contributed by atoms with E-state index in [9.17, 15) is 14.7 Å². The van der Waals surface area contributed by atoms with Crippen molar-refractivity contribution in [2.75, 3.05) is 11.5 Å². The molecule has 3 aromatic carbocycles. The standard InChI is InChI=1S/C33H32N2O5S/c1-5-6-13-39-24-10-7-21(8-11-24)29-27(30(36)22-9-12-25-23(17-22)16-20(4)40-25)31(37)32(38)35(29)33-34-28-19(3)14-18(2)15-26(28)41-33/h7-12,14-15,17,20,29,36H,5-6,13,16H2,1-4H3/t20-,29-/m1/s1. The van der Waals surface area contributed by atoms with Crippen LogP contribution in [-0.4, -0.2) is 34.5 Å². The number of aliphatic hydroxyl groups excluding tert-OH is 1. The van der Waals surface area contributed by atoms with E-state index in [-0.39, 0.29) is 17.4 Å². The maximum absolute atomic E-state index is 13.7. The largest absolute Gasteiger partial charge is 0.507 e. The number of Topliss-reactive ketones (excluding diaryl/α,β-unsaturated/α-hetero) is 1. The lowest BCUT2D eigenvalue weighted by Crippen LogP contribution is -2.29. The number of ether oxygens (including phenoxy) is 2. The van der Waals surface area contributed by atoms with Gasteiger partial charge in [-0.1, -0.05) is 42.9 Å². The molecule has 2 atom stereocenters. The number of rotatable bonds is 7. The van der Waals surface area contributed by atoms with Gasteiger partial charge in [-0.2, -0.15) is 0 Å². The smallest absolute Gasteiger partial charge is 0.301 e. The number of aromatic nitrogens is 1. The van der Waals surface area contributed by atoms with Crippen molar-refractivity contribution >= 4 is 44.1 Å². The number of anilines is 1. The van der Waals surface area contributed by atoms with E-state index in [2.05, 4.69) is 6.92 Å². The minimum absolute atomic E-state index is 0.0359. The summed E-state index contributed by atoms with van der Waals surface area (Å²) >= 11 is 1.37. The maximum Gasteiger partial charge on any atom is 0.301 e. The number of thiazole rings is 1. The number of ketones is 1. The minimum atomic E-state index is -0.856. The fourth-order valence-corrected chi connectivity index (χ4v) is 6.78. The van der Waals surface area contributed by atoms with E-state index in [1.54, 1.807) is 12.1 Å². The van der Waals surface area contributed by atoms with Gasteiger partial charge in [0, 0.05) is 12.0 Å². The molecule has 1 fully saturated rings. The molecule has 4 aromatic rings. The summed E-state index contributed by atoms with van der Waals surface area (Å²) in [7, 11) is 0. The van der Waals surface area contributed by atoms with Gasteiger partial charge in [-0.3, -0.25) is 14.5 Å². The Labute approximate surface area is 243 Å². The summed E-state index contributed by atoms with van der Waals surface area (Å²) in [6.45, 7) is 8.71. The van der Waals surface area contributed by atoms with Gasteiger partial charge >= 0.3 is 5.91 Å². The predicted octanol–water partition coefficient (Wildman–Crippen LogP) is 7.04. The van der Waals surface area contributed by atoms with Gasteiger partial charge < -0.3 is 14.6 Å². The van der Waals surface area contributed by atoms with Crippen molar-refractivity contribution in [1.29, 1.82) is 0 Å². The van der Waals surface area contributed by atoms with E-state index in [1.165, 1.54) is 16.2 Å². The van der Waals surface area contributed by atoms with Crippen LogP contribution in [0.5, 0.6) is 11.5 Å². The molecular weight excluding hydrogens is 536 g/mol. The van der Waals surface area contributed by atoms with Crippen LogP contribution in [0.4, 0.5) is 5.13 Å². The third-order valence-electron chi connectivity index (χ3n) is 7.60. The fraction of sp³-hybridized carbons (Fsp3) is 0.303. The minimum Gasteiger partial charge on any atom is -0.507 e. The van der Waals surface area contributed by atoms with E-state index in [0.717, 1.165) is 45.5 Å². The lowest BCUT2D eigenvalue weighted by atomic mass is 9.94. The summed E-state index contributed by atoms with van der Waals surface area (Å²) < 4.78 is 12.6. The molecule has 1 aromatic heterocycles. The van der Waals surface area contributed by atoms with Crippen LogP contribution in [0, 0.1) is 13.8 Å². The molecule has 0 spiro atoms. The summed E-state index contributed by atoms with van der Waals surface area (Å²) in [5.41, 5.74) is 5.03. The lowest BCUT2D eigenvalue weighted by Gasteiger charge is -2.23. The molecule has 0 radical (unpaired) electrons. The Kier molecular flexibility index (Phi) is 7.03. The molecule has 2 aliphatic rings. The molecule has 6 rings (SSSR count). The molecule has 1 saturated heterocycles. The van der Waals surface area contributed by atoms with Crippen LogP contribution in [0.2, 0.25) is 0 Å². The molecule has 7 nitrogen and oxygen atoms in total. The van der Waals surface area contributed by atoms with Crippen molar-refractivity contribution in [3.63, 3.8) is 0 Å². The number of aliphatic hydroxyl groups is 1. The molecule has 210 valence electrons. The molecular formula is C33H32N2O5S. The Morgan fingerprint density at radius 3 is 2.66 bits per heavy atom. The SMILES string of the molecule is CCCCOc1ccc([C@@H]2C(=C(O)c3ccc4c(c3)C[C@@H](C)O4)C(=O)C(=O)N2c2nc3c(C)cc(C)cc3s2)cc1. The zero-order valence-corrected chi connectivity index (χ0v) is 24.4. The van der Waals surface area contributed by atoms with Crippen LogP contribution >= 0.6 is 11.3 Å². The third-order valence-corrected chi connectivity index (χ3v) is 8.60. The monoisotopic (exact) mass is 568 g/mol. The highest BCUT2D eigenvalue weighted by atomic mass is 32.1. The molecule has 1 N–H and O–H groups in total. The quantitative estimate of drug-likeness (QED) is 0.111. The topological polar surface area (TPSA) is 89.0 Å². The van der Waals surface area contributed by atoms with E-state index < -0.39 is 17.7 Å². The van der Waals surface area contributed by atoms with Crippen molar-refractivity contribution in [1.82, 2.24) is 4.98 Å². The van der Waals surface area contributed by atoms with Crippen LogP contribution in [0.15, 0.2) is 60.2 Å². The fourth-order valence-electron chi connectivity index (χ4n) is 5.61. The van der Waals surface area contributed by atoms with Crippen LogP contribution in [0.3, 0.4) is 0 Å². The number of nitrogens with zero attached hydrogens (tertiary/aromatic N) is 2. The predicted molar refractivity (Wildman–Crippen MR) is 161 cm³/mol. The summed E-state index contributed by atoms with van der Waals surface area (Å²) in [5, 5.41) is 12.0. The summed E-state index contributed by atoms with van der Waals surface area (Å²) in [4.78, 5) is 33.6. The molecule has 0 aliphatic carbocycles. The van der Waals surface area contributed by atoms with Gasteiger partial charge in [-0.05, 0) is 85.8 Å². The van der Waals surface area contributed by atoms with Crippen molar-refractivity contribution in [2.45, 2.75) is 59.1 Å². The van der Waals surface area contributed by atoms with Crippen LogP contribution in [0.1, 0.15) is 60.5 Å². The second kappa shape index (κ2) is 10.7. The second-order valence-electron chi connectivity index (χ2n) is 10.8. The first-order chi connectivity index (χ1) is 19.7. The van der Waals surface area contributed by atoms with Gasteiger partial charge in [0.15, 0.2) is 5.13 Å². The van der Waals surface area contributed by atoms with Gasteiger partial charge in [0.1, 0.15) is 23.4 Å². The molecule has 1 amide bonds. The second-order valence-corrected chi connectivity index (χ2v) is 11.8. The van der Waals surface area contributed by atoms with Gasteiger partial charge in [0.25, 0.3) is 5.78 Å². The van der Waals surface area contributed by atoms with Crippen molar-refractivity contribution < 1.29 is 24.2 Å². The van der Waals surface area contributed by atoms with Crippen LogP contribution in [0.25, 0.3) is 16.0 Å². The number of hydrogen-bond donors (Lipinski definition) is 1. The Bertz CT molecular complexity index is 1700. The third kappa shape index (κ3) is 4.86. The number of carbonyl (C=O) groups excluding carboxylic acids is 2. The van der Waals surface area contributed by atoms with E-state index in [0.29, 0.717) is 35.0 Å². The Balaban J connectivity index is 1.48. The Morgan fingerprint density at radius 2 is 1.90 bits per heavy atom. The molecule has 3 heterocycles. The first kappa shape index (κ1) is 27.0. The zero-order valence-electron chi connectivity index (χ0n) is 23.6. The number of amides is 1. The highest BCUT2D eigenvalue weighted by Gasteiger charge is 2.48. The average Bonchev–Trinajstić information content (AvgIpc) is 3.61. The number of hydrogen-bond acceptors (Lipinski definition) is 7. The number of unbranched alkanes of at least 4 members (excludes halogenated alkanes) is 1. The van der Waals surface area contributed by atoms with E-state index in [1.807, 2.05) is 63.2 Å². The Morgan fingerprint density at radius 1 is 1.12 bits per heavy atom. The molecule has 0 saturated carbocycles. The normalized spacial score (nSPS) is 19.6. The zero-order chi connectivity index (χ0) is 28.8. The maximum atomic E-state index is 13.7. The van der Waals surface area contributed by atoms with Crippen LogP contribution in [-0.2, 0) is 16.0 Å². The molecule has 8 heteroatoms. The number of carbonyl (C=O) groups is 2. The lowest BCUT2D eigenvalue weighted by molar-refractivity contribution is -0.132. The first-order valence-corrected chi connectivity index (χ1v) is 14.8. The van der Waals surface area contributed by atoms with Gasteiger partial charge in [0.05, 0.1) is 28.4 Å². The van der Waals surface area contributed by atoms with Gasteiger partial charge in [-0.25, -0.2) is 4.98 Å². The summed E-state index contributed by atoms with van der Waals surface area (Å²) in [6.07, 6.45) is 2.72. The highest BCUT2D eigenvalue weighted by molar-refractivity contribution is 7.22. The molecule has 2 aliphatic heterocycles. The number of aryl methyl sites for hydroxylation is 2. The van der Waals surface area contributed by atoms with Crippen LogP contribution < -0.4 is 14.4 Å². The number of benzene rings is 3. The van der Waals surface area contributed by atoms with E-state index in [4.69, 9.17) is 14.5 Å². The first-order valence-electron chi connectivity index (χ1n) is 14.0. The van der Waals surface area contributed by atoms with Gasteiger partial charge in [-0.15, -0.1) is 0 Å². The van der Waals surface area contributed by atoms with Crippen molar-refractivity contribution in [2.24, 2.45) is 0 Å². The Hall–Kier alpha value is -4.17. The number of fused-ring (bicyclic) bond motifs is 2. The summed E-state index contributed by atoms with van der Waals surface area (Å²) in [5.74, 6) is -0.197. The van der Waals surface area contributed by atoms with Crippen molar-refractivity contribution in [3.05, 3.63) is 88.0 Å². The molecule has 0 unspecified atom stereocenters. The average molecular weight is 569 g/mol. The van der Waals surface area contributed by atoms with E-state index >= 15 is 0 Å². The molecule has 41 heavy (non-hydrogen) atoms.